The number of hydrogen-bond donors (Lipinski definition) is 1. The maximum absolute atomic E-state index is 12.6. The van der Waals surface area contributed by atoms with E-state index in [4.69, 9.17) is 5.11 Å². The Hall–Kier alpha value is -2.06. The molecule has 8 nitrogen and oxygen atoms in total. The van der Waals surface area contributed by atoms with Crippen LogP contribution >= 0.6 is 0 Å². The molecule has 0 saturated carbocycles. The molecule has 1 fully saturated rings. The van der Waals surface area contributed by atoms with E-state index in [1.54, 1.807) is 10.7 Å². The third kappa shape index (κ3) is 2.59. The number of aliphatic hydroxyl groups excluding tert-OH is 1. The number of rotatable bonds is 3. The quantitative estimate of drug-likeness (QED) is 0.795. The number of nitrogens with zero attached hydrogens (tertiary/aromatic N) is 6. The molecule has 1 aliphatic heterocycles. The minimum atomic E-state index is -0.0268. The number of aromatic nitrogens is 4. The van der Waals surface area contributed by atoms with Crippen LogP contribution in [0.3, 0.4) is 0 Å². The average Bonchev–Trinajstić information content (AvgIpc) is 2.98. The first-order valence-corrected chi connectivity index (χ1v) is 6.98. The highest BCUT2D eigenvalue weighted by Gasteiger charge is 2.24. The topological polar surface area (TPSA) is 86.9 Å². The van der Waals surface area contributed by atoms with Crippen LogP contribution < -0.4 is 0 Å². The Morgan fingerprint density at radius 2 is 2.05 bits per heavy atom. The monoisotopic (exact) mass is 290 g/mol. The largest absolute Gasteiger partial charge is 0.395 e. The number of carbonyl (C=O) groups excluding carboxylic acids is 1. The van der Waals surface area contributed by atoms with Gasteiger partial charge >= 0.3 is 0 Å². The first-order valence-electron chi connectivity index (χ1n) is 6.98. The highest BCUT2D eigenvalue weighted by Crippen LogP contribution is 2.12. The fourth-order valence-electron chi connectivity index (χ4n) is 2.59. The summed E-state index contributed by atoms with van der Waals surface area (Å²) in [7, 11) is 0. The fourth-order valence-corrected chi connectivity index (χ4v) is 2.59. The molecule has 1 saturated heterocycles. The van der Waals surface area contributed by atoms with Crippen molar-refractivity contribution in [2.45, 2.75) is 6.92 Å². The number of fused-ring (bicyclic) bond motifs is 1. The van der Waals surface area contributed by atoms with E-state index in [1.807, 2.05) is 11.8 Å². The third-order valence-electron chi connectivity index (χ3n) is 3.85. The number of piperazine rings is 1. The van der Waals surface area contributed by atoms with Crippen molar-refractivity contribution >= 4 is 11.7 Å². The summed E-state index contributed by atoms with van der Waals surface area (Å²) in [5.41, 5.74) is 1.31. The molecule has 0 radical (unpaired) electrons. The number of amides is 1. The second-order valence-corrected chi connectivity index (χ2v) is 5.09. The zero-order chi connectivity index (χ0) is 14.8. The zero-order valence-electron chi connectivity index (χ0n) is 11.9. The van der Waals surface area contributed by atoms with Crippen LogP contribution in [0.1, 0.15) is 16.1 Å². The van der Waals surface area contributed by atoms with Crippen LogP contribution in [0.5, 0.6) is 0 Å². The number of aryl methyl sites for hydroxylation is 1. The highest BCUT2D eigenvalue weighted by molar-refractivity contribution is 5.95. The molecular formula is C13H18N6O2. The summed E-state index contributed by atoms with van der Waals surface area (Å²) in [5.74, 6) is 0.470. The maximum atomic E-state index is 12.6. The average molecular weight is 290 g/mol. The van der Waals surface area contributed by atoms with Crippen molar-refractivity contribution in [3.63, 3.8) is 0 Å². The molecule has 1 amide bonds. The molecule has 1 N–H and O–H groups in total. The van der Waals surface area contributed by atoms with Crippen LogP contribution in [0, 0.1) is 6.92 Å². The summed E-state index contributed by atoms with van der Waals surface area (Å²) < 4.78 is 1.58. The predicted molar refractivity (Wildman–Crippen MR) is 74.9 cm³/mol. The normalized spacial score (nSPS) is 16.6. The lowest BCUT2D eigenvalue weighted by molar-refractivity contribution is 0.0613. The molecule has 2 aromatic heterocycles. The molecule has 0 bridgehead atoms. The molecule has 1 aliphatic rings. The van der Waals surface area contributed by atoms with Crippen LogP contribution in [0.2, 0.25) is 0 Å². The molecule has 2 aromatic rings. The van der Waals surface area contributed by atoms with Crippen molar-refractivity contribution in [2.24, 2.45) is 0 Å². The molecule has 112 valence electrons. The van der Waals surface area contributed by atoms with Crippen molar-refractivity contribution in [3.8, 4) is 0 Å². The van der Waals surface area contributed by atoms with Crippen molar-refractivity contribution in [1.29, 1.82) is 0 Å². The first-order chi connectivity index (χ1) is 10.2. The van der Waals surface area contributed by atoms with Crippen molar-refractivity contribution in [2.75, 3.05) is 39.3 Å². The van der Waals surface area contributed by atoms with E-state index in [9.17, 15) is 4.79 Å². The molecule has 0 atom stereocenters. The lowest BCUT2D eigenvalue weighted by Gasteiger charge is -2.34. The van der Waals surface area contributed by atoms with Crippen LogP contribution in [0.25, 0.3) is 5.78 Å². The van der Waals surface area contributed by atoms with Gasteiger partial charge in [0, 0.05) is 38.9 Å². The first kappa shape index (κ1) is 13.9. The fraction of sp³-hybridized carbons (Fsp3) is 0.538. The Kier molecular flexibility index (Phi) is 3.80. The summed E-state index contributed by atoms with van der Waals surface area (Å²) in [6.45, 7) is 5.54. The summed E-state index contributed by atoms with van der Waals surface area (Å²) in [6.07, 6.45) is 3.00. The van der Waals surface area contributed by atoms with E-state index in [-0.39, 0.29) is 12.5 Å². The third-order valence-corrected chi connectivity index (χ3v) is 3.85. The summed E-state index contributed by atoms with van der Waals surface area (Å²) in [5, 5.41) is 13.0. The van der Waals surface area contributed by atoms with Gasteiger partial charge in [-0.25, -0.2) is 9.50 Å². The lowest BCUT2D eigenvalue weighted by Crippen LogP contribution is -2.49. The molecule has 0 aliphatic carbocycles. The van der Waals surface area contributed by atoms with Gasteiger partial charge in [-0.3, -0.25) is 9.69 Å². The van der Waals surface area contributed by atoms with Crippen LogP contribution in [-0.2, 0) is 0 Å². The van der Waals surface area contributed by atoms with Gasteiger partial charge in [0.25, 0.3) is 11.7 Å². The van der Waals surface area contributed by atoms with E-state index >= 15 is 0 Å². The van der Waals surface area contributed by atoms with Gasteiger partial charge in [0.05, 0.1) is 17.9 Å². The van der Waals surface area contributed by atoms with E-state index in [2.05, 4.69) is 20.0 Å². The molecule has 0 unspecified atom stereocenters. The van der Waals surface area contributed by atoms with Gasteiger partial charge in [0.1, 0.15) is 6.33 Å². The molecular weight excluding hydrogens is 272 g/mol. The minimum absolute atomic E-state index is 0.0268. The summed E-state index contributed by atoms with van der Waals surface area (Å²) >= 11 is 0. The summed E-state index contributed by atoms with van der Waals surface area (Å²) in [6, 6.07) is 0. The van der Waals surface area contributed by atoms with Crippen molar-refractivity contribution < 1.29 is 9.90 Å². The van der Waals surface area contributed by atoms with E-state index in [1.165, 1.54) is 6.33 Å². The molecule has 21 heavy (non-hydrogen) atoms. The van der Waals surface area contributed by atoms with E-state index in [0.717, 1.165) is 18.8 Å². The summed E-state index contributed by atoms with van der Waals surface area (Å²) in [4.78, 5) is 24.7. The number of carbonyl (C=O) groups is 1. The second-order valence-electron chi connectivity index (χ2n) is 5.09. The Bertz CT molecular complexity index is 647. The molecule has 0 aromatic carbocycles. The van der Waals surface area contributed by atoms with Gasteiger partial charge < -0.3 is 10.0 Å². The second kappa shape index (κ2) is 5.74. The molecule has 0 spiro atoms. The Balaban J connectivity index is 1.77. The molecule has 8 heteroatoms. The maximum Gasteiger partial charge on any atom is 0.257 e. The van der Waals surface area contributed by atoms with Gasteiger partial charge in [0.2, 0.25) is 0 Å². The van der Waals surface area contributed by atoms with Crippen molar-refractivity contribution in [3.05, 3.63) is 23.8 Å². The standard InChI is InChI=1S/C13H18N6O2/c1-10-11(8-14-13-15-9-16-19(10)13)12(21)18-4-2-17(3-5-18)6-7-20/h8-9,20H,2-7H2,1H3. The highest BCUT2D eigenvalue weighted by atomic mass is 16.3. The van der Waals surface area contributed by atoms with Crippen LogP contribution in [-0.4, -0.2) is 79.7 Å². The Labute approximate surface area is 122 Å². The predicted octanol–water partition coefficient (Wildman–Crippen LogP) is -0.817. The van der Waals surface area contributed by atoms with E-state index in [0.29, 0.717) is 31.0 Å². The van der Waals surface area contributed by atoms with Gasteiger partial charge in [0.15, 0.2) is 0 Å². The molecule has 3 heterocycles. The lowest BCUT2D eigenvalue weighted by atomic mass is 10.2. The van der Waals surface area contributed by atoms with Gasteiger partial charge in [-0.15, -0.1) is 0 Å². The van der Waals surface area contributed by atoms with Crippen LogP contribution in [0.4, 0.5) is 0 Å². The Morgan fingerprint density at radius 1 is 1.29 bits per heavy atom. The van der Waals surface area contributed by atoms with Crippen molar-refractivity contribution in [1.82, 2.24) is 29.4 Å². The van der Waals surface area contributed by atoms with E-state index < -0.39 is 0 Å². The number of hydrogen-bond acceptors (Lipinski definition) is 6. The van der Waals surface area contributed by atoms with Gasteiger partial charge in [-0.2, -0.15) is 10.1 Å². The zero-order valence-corrected chi connectivity index (χ0v) is 11.9. The van der Waals surface area contributed by atoms with Gasteiger partial charge in [-0.1, -0.05) is 0 Å². The van der Waals surface area contributed by atoms with Crippen LogP contribution in [0.15, 0.2) is 12.5 Å². The number of aliphatic hydroxyl groups is 1. The SMILES string of the molecule is Cc1c(C(=O)N2CCN(CCO)CC2)cnc2ncnn12. The number of β-amino-alcohol motifs (C(OH)–C–C–N with tert-alkyl or cyclic N) is 1. The smallest absolute Gasteiger partial charge is 0.257 e. The Morgan fingerprint density at radius 3 is 2.76 bits per heavy atom. The minimum Gasteiger partial charge on any atom is -0.395 e. The molecule has 3 rings (SSSR count). The van der Waals surface area contributed by atoms with Gasteiger partial charge in [-0.05, 0) is 6.92 Å².